The van der Waals surface area contributed by atoms with Crippen molar-refractivity contribution >= 4 is 25.2 Å². The quantitative estimate of drug-likeness (QED) is 0.416. The summed E-state index contributed by atoms with van der Waals surface area (Å²) in [7, 11) is 3.20. The highest BCUT2D eigenvalue weighted by Gasteiger charge is 2.34. The normalized spacial score (nSPS) is 11.8. The number of benzene rings is 2. The van der Waals surface area contributed by atoms with Crippen molar-refractivity contribution in [2.75, 3.05) is 5.33 Å². The van der Waals surface area contributed by atoms with Crippen LogP contribution in [-0.2, 0) is 5.16 Å². The molecule has 0 N–H and O–H groups in total. The summed E-state index contributed by atoms with van der Waals surface area (Å²) in [6, 6.07) is 9.25. The molecule has 0 saturated carbocycles. The van der Waals surface area contributed by atoms with Crippen molar-refractivity contribution in [1.82, 2.24) is 0 Å². The Labute approximate surface area is 152 Å². The van der Waals surface area contributed by atoms with E-state index in [9.17, 15) is 0 Å². The van der Waals surface area contributed by atoms with E-state index in [1.54, 1.807) is 0 Å². The molecule has 0 amide bonds. The van der Waals surface area contributed by atoms with E-state index in [2.05, 4.69) is 91.0 Å². The monoisotopic (exact) mass is 390 g/mol. The third kappa shape index (κ3) is 3.57. The van der Waals surface area contributed by atoms with Gasteiger partial charge in [-0.1, -0.05) is 51.3 Å². The van der Waals surface area contributed by atoms with E-state index in [0.29, 0.717) is 0 Å². The third-order valence-electron chi connectivity index (χ3n) is 4.74. The van der Waals surface area contributed by atoms with Crippen LogP contribution in [0.15, 0.2) is 24.3 Å². The zero-order chi connectivity index (χ0) is 17.4. The van der Waals surface area contributed by atoms with Crippen LogP contribution in [-0.4, -0.2) is 5.33 Å². The van der Waals surface area contributed by atoms with E-state index >= 15 is 0 Å². The predicted molar refractivity (Wildman–Crippen MR) is 110 cm³/mol. The van der Waals surface area contributed by atoms with Gasteiger partial charge in [0, 0.05) is 10.5 Å². The molecule has 0 aromatic heterocycles. The van der Waals surface area contributed by atoms with Gasteiger partial charge in [-0.15, -0.1) is 9.24 Å². The summed E-state index contributed by atoms with van der Waals surface area (Å²) in [4.78, 5) is 0. The number of hydrogen-bond donors (Lipinski definition) is 0. The minimum atomic E-state index is -0.0484. The summed E-state index contributed by atoms with van der Waals surface area (Å²) in [5.74, 6) is 0. The van der Waals surface area contributed by atoms with Crippen LogP contribution in [0.25, 0.3) is 0 Å². The molecule has 1 atom stereocenters. The molecule has 23 heavy (non-hydrogen) atoms. The van der Waals surface area contributed by atoms with Crippen molar-refractivity contribution in [3.05, 3.63) is 68.8 Å². The lowest BCUT2D eigenvalue weighted by Gasteiger charge is -2.36. The molecule has 0 spiro atoms. The zero-order valence-corrected chi connectivity index (χ0v) is 17.9. The van der Waals surface area contributed by atoms with Gasteiger partial charge in [0.05, 0.1) is 0 Å². The van der Waals surface area contributed by atoms with Crippen LogP contribution in [0, 0.1) is 41.5 Å². The molecule has 0 fully saturated rings. The predicted octanol–water partition coefficient (Wildman–Crippen LogP) is 6.44. The van der Waals surface area contributed by atoms with Crippen LogP contribution >= 0.6 is 25.2 Å². The van der Waals surface area contributed by atoms with Crippen molar-refractivity contribution in [3.63, 3.8) is 0 Å². The number of alkyl halides is 1. The molecule has 0 aliphatic carbocycles. The molecular weight excluding hydrogens is 363 g/mol. The molecule has 124 valence electrons. The molecule has 2 aromatic carbocycles. The Morgan fingerprint density at radius 1 is 0.739 bits per heavy atom. The molecular formula is C21H28BrP. The second kappa shape index (κ2) is 7.08. The van der Waals surface area contributed by atoms with E-state index in [-0.39, 0.29) is 5.16 Å². The lowest BCUT2D eigenvalue weighted by molar-refractivity contribution is 0.698. The van der Waals surface area contributed by atoms with Gasteiger partial charge in [-0.3, -0.25) is 0 Å². The van der Waals surface area contributed by atoms with Gasteiger partial charge in [0.1, 0.15) is 0 Å². The van der Waals surface area contributed by atoms with E-state index in [1.807, 2.05) is 0 Å². The second-order valence-electron chi connectivity index (χ2n) is 6.96. The number of rotatable bonds is 4. The largest absolute Gasteiger partial charge is 0.122 e. The van der Waals surface area contributed by atoms with Crippen molar-refractivity contribution in [2.24, 2.45) is 0 Å². The van der Waals surface area contributed by atoms with Gasteiger partial charge in [0.25, 0.3) is 0 Å². The van der Waals surface area contributed by atoms with Crippen LogP contribution in [0.1, 0.15) is 50.9 Å². The molecule has 2 heteroatoms. The van der Waals surface area contributed by atoms with Crippen LogP contribution in [0.3, 0.4) is 0 Å². The highest BCUT2D eigenvalue weighted by atomic mass is 79.9. The maximum absolute atomic E-state index is 3.69. The van der Waals surface area contributed by atoms with Gasteiger partial charge in [0.2, 0.25) is 0 Å². The molecule has 0 heterocycles. The molecule has 0 bridgehead atoms. The number of hydrogen-bond acceptors (Lipinski definition) is 0. The summed E-state index contributed by atoms with van der Waals surface area (Å²) in [6.45, 7) is 13.4. The topological polar surface area (TPSA) is 0 Å². The van der Waals surface area contributed by atoms with Crippen LogP contribution in [0.4, 0.5) is 0 Å². The molecule has 2 rings (SSSR count). The molecule has 0 aliphatic rings. The summed E-state index contributed by atoms with van der Waals surface area (Å²) < 4.78 is 0. The first-order chi connectivity index (χ1) is 10.7. The van der Waals surface area contributed by atoms with Crippen LogP contribution in [0.5, 0.6) is 0 Å². The van der Waals surface area contributed by atoms with Gasteiger partial charge in [-0.25, -0.2) is 0 Å². The third-order valence-corrected chi connectivity index (χ3v) is 6.00. The van der Waals surface area contributed by atoms with E-state index in [4.69, 9.17) is 0 Å². The summed E-state index contributed by atoms with van der Waals surface area (Å²) in [6.07, 6.45) is 1.06. The zero-order valence-electron chi connectivity index (χ0n) is 15.2. The van der Waals surface area contributed by atoms with Crippen LogP contribution in [0.2, 0.25) is 0 Å². The summed E-state index contributed by atoms with van der Waals surface area (Å²) >= 11 is 3.69. The number of aryl methyl sites for hydroxylation is 6. The van der Waals surface area contributed by atoms with Gasteiger partial charge >= 0.3 is 0 Å². The fraction of sp³-hybridized carbons (Fsp3) is 0.429. The maximum Gasteiger partial charge on any atom is 0.0362 e. The summed E-state index contributed by atoms with van der Waals surface area (Å²) in [5.41, 5.74) is 11.1. The lowest BCUT2D eigenvalue weighted by Crippen LogP contribution is -2.26. The average molecular weight is 391 g/mol. The molecule has 0 aliphatic heterocycles. The maximum atomic E-state index is 3.69. The first-order valence-corrected chi connectivity index (χ1v) is 9.92. The van der Waals surface area contributed by atoms with Gasteiger partial charge in [-0.05, 0) is 81.3 Å². The Hall–Kier alpha value is -0.650. The Kier molecular flexibility index (Phi) is 5.75. The van der Waals surface area contributed by atoms with Crippen molar-refractivity contribution in [2.45, 2.75) is 53.1 Å². The molecule has 0 saturated heterocycles. The molecule has 0 radical (unpaired) electrons. The van der Waals surface area contributed by atoms with E-state index < -0.39 is 0 Å². The van der Waals surface area contributed by atoms with E-state index in [0.717, 1.165) is 11.8 Å². The van der Waals surface area contributed by atoms with Crippen molar-refractivity contribution in [1.29, 1.82) is 0 Å². The standard InChI is InChI=1S/C21H28BrP/c1-13-9-15(3)19(16(4)10-13)21(23,7-8-22)20-17(5)11-14(2)12-18(20)6/h9-12H,7-8,23H2,1-6H3. The second-order valence-corrected chi connectivity index (χ2v) is 8.74. The van der Waals surface area contributed by atoms with Crippen molar-refractivity contribution in [3.8, 4) is 0 Å². The molecule has 2 aromatic rings. The highest BCUT2D eigenvalue weighted by Crippen LogP contribution is 2.48. The Morgan fingerprint density at radius 2 is 1.04 bits per heavy atom. The van der Waals surface area contributed by atoms with Crippen molar-refractivity contribution < 1.29 is 0 Å². The lowest BCUT2D eigenvalue weighted by atomic mass is 9.78. The molecule has 1 unspecified atom stereocenters. The SMILES string of the molecule is Cc1cc(C)c(C(P)(CCBr)c2c(C)cc(C)cc2C)c(C)c1. The first kappa shape index (κ1) is 18.7. The minimum absolute atomic E-state index is 0.0484. The minimum Gasteiger partial charge on any atom is -0.122 e. The average Bonchev–Trinajstić information content (AvgIpc) is 2.35. The Bertz CT molecular complexity index is 627. The smallest absolute Gasteiger partial charge is 0.0362 e. The first-order valence-electron chi connectivity index (χ1n) is 8.22. The Balaban J connectivity index is 2.81. The van der Waals surface area contributed by atoms with Gasteiger partial charge in [-0.2, -0.15) is 0 Å². The molecule has 0 nitrogen and oxygen atoms in total. The van der Waals surface area contributed by atoms with Crippen LogP contribution < -0.4 is 0 Å². The van der Waals surface area contributed by atoms with Gasteiger partial charge in [0.15, 0.2) is 0 Å². The van der Waals surface area contributed by atoms with E-state index in [1.165, 1.54) is 44.5 Å². The van der Waals surface area contributed by atoms with Gasteiger partial charge < -0.3 is 0 Å². The number of halogens is 1. The summed E-state index contributed by atoms with van der Waals surface area (Å²) in [5, 5.41) is 0.934. The highest BCUT2D eigenvalue weighted by molar-refractivity contribution is 9.09. The fourth-order valence-corrected chi connectivity index (χ4v) is 6.39. The fourth-order valence-electron chi connectivity index (χ4n) is 4.29. The Morgan fingerprint density at radius 3 is 1.30 bits per heavy atom.